The maximum absolute atomic E-state index is 13.9. The van der Waals surface area contributed by atoms with E-state index in [9.17, 15) is 9.59 Å². The molecule has 0 radical (unpaired) electrons. The van der Waals surface area contributed by atoms with Gasteiger partial charge in [-0.2, -0.15) is 0 Å². The number of ketones is 1. The molecule has 2 saturated carbocycles. The van der Waals surface area contributed by atoms with E-state index in [-0.39, 0.29) is 28.5 Å². The highest BCUT2D eigenvalue weighted by atomic mass is 16.5. The van der Waals surface area contributed by atoms with E-state index < -0.39 is 11.3 Å². The van der Waals surface area contributed by atoms with E-state index in [0.29, 0.717) is 12.3 Å². The fourth-order valence-corrected chi connectivity index (χ4v) is 8.01. The summed E-state index contributed by atoms with van der Waals surface area (Å²) in [6.07, 6.45) is 6.32. The second-order valence-electron chi connectivity index (χ2n) is 12.9. The molecule has 6 rings (SSSR count). The minimum Gasteiger partial charge on any atom is -0.468 e. The first-order chi connectivity index (χ1) is 17.0. The lowest BCUT2D eigenvalue weighted by molar-refractivity contribution is -0.148. The summed E-state index contributed by atoms with van der Waals surface area (Å²) < 4.78 is 5.28. The largest absolute Gasteiger partial charge is 0.468 e. The van der Waals surface area contributed by atoms with Gasteiger partial charge < -0.3 is 10.1 Å². The Morgan fingerprint density at radius 1 is 1.08 bits per heavy atom. The number of anilines is 1. The second kappa shape index (κ2) is 7.57. The van der Waals surface area contributed by atoms with Gasteiger partial charge in [-0.05, 0) is 63.8 Å². The second-order valence-corrected chi connectivity index (χ2v) is 12.9. The van der Waals surface area contributed by atoms with Gasteiger partial charge in [0.15, 0.2) is 5.78 Å². The fraction of sp³-hybridized carbons (Fsp3) is 0.500. The van der Waals surface area contributed by atoms with Crippen molar-refractivity contribution in [3.05, 3.63) is 64.9 Å². The number of Topliss-reactive ketones (excluding diaryl/α,β-unsaturated/α-hetero) is 1. The average Bonchev–Trinajstić information content (AvgIpc) is 3.16. The summed E-state index contributed by atoms with van der Waals surface area (Å²) in [6, 6.07) is 12.7. The molecule has 2 bridgehead atoms. The topological polar surface area (TPSA) is 55.4 Å². The van der Waals surface area contributed by atoms with Crippen LogP contribution in [0, 0.1) is 28.1 Å². The summed E-state index contributed by atoms with van der Waals surface area (Å²) in [4.78, 5) is 27.1. The van der Waals surface area contributed by atoms with Crippen molar-refractivity contribution in [1.82, 2.24) is 0 Å². The number of carbonyl (C=O) groups is 2. The zero-order chi connectivity index (χ0) is 25.6. The monoisotopic (exact) mass is 483 g/mol. The Balaban J connectivity index is 1.63. The SMILES string of the molecule is COC(=O)[C@H]1C2=C(C(=O)CC1(C)C)[C@@H](C=C1CC3CCC1(C)C3(C)C)c1c(ccc3ccccc13)N2. The predicted molar refractivity (Wildman–Crippen MR) is 144 cm³/mol. The van der Waals surface area contributed by atoms with Gasteiger partial charge in [0.05, 0.1) is 7.11 Å². The Morgan fingerprint density at radius 2 is 1.83 bits per heavy atom. The number of nitrogens with one attached hydrogen (secondary N) is 1. The first-order valence-corrected chi connectivity index (χ1v) is 13.3. The Hall–Kier alpha value is -2.88. The first kappa shape index (κ1) is 23.5. The standard InChI is InChI=1S/C32H37NO3/c1-30(2)17-24(34)26-22(16-20-15-19-13-14-32(20,5)31(19,3)4)25-21-10-8-7-9-18(21)11-12-23(25)33-28(26)27(30)29(35)36-6/h7-12,16,19,22,27,33H,13-15,17H2,1-6H3/t19?,22-,27+,32?/m0/s1. The number of fused-ring (bicyclic) bond motifs is 5. The summed E-state index contributed by atoms with van der Waals surface area (Å²) in [5.74, 6) is -0.158. The molecule has 0 spiro atoms. The van der Waals surface area contributed by atoms with E-state index in [4.69, 9.17) is 4.74 Å². The lowest BCUT2D eigenvalue weighted by atomic mass is 9.63. The number of hydrogen-bond acceptors (Lipinski definition) is 4. The molecular formula is C32H37NO3. The van der Waals surface area contributed by atoms with Crippen LogP contribution in [0.5, 0.6) is 0 Å². The third-order valence-electron chi connectivity index (χ3n) is 10.6. The van der Waals surface area contributed by atoms with E-state index in [1.54, 1.807) is 0 Å². The van der Waals surface area contributed by atoms with Gasteiger partial charge in [-0.3, -0.25) is 9.59 Å². The lowest BCUT2D eigenvalue weighted by Crippen LogP contribution is -2.44. The molecule has 2 fully saturated rings. The average molecular weight is 484 g/mol. The van der Waals surface area contributed by atoms with Gasteiger partial charge in [0.2, 0.25) is 0 Å². The fourth-order valence-electron chi connectivity index (χ4n) is 8.01. The smallest absolute Gasteiger partial charge is 0.315 e. The summed E-state index contributed by atoms with van der Waals surface area (Å²) in [5, 5.41) is 5.91. The van der Waals surface area contributed by atoms with Crippen molar-refractivity contribution in [1.29, 1.82) is 0 Å². The number of methoxy groups -OCH3 is 1. The van der Waals surface area contributed by atoms with Gasteiger partial charge in [-0.1, -0.05) is 76.6 Å². The van der Waals surface area contributed by atoms with Gasteiger partial charge in [0, 0.05) is 29.3 Å². The van der Waals surface area contributed by atoms with Crippen LogP contribution < -0.4 is 5.32 Å². The molecule has 1 heterocycles. The van der Waals surface area contributed by atoms with Crippen LogP contribution in [0.1, 0.15) is 71.8 Å². The van der Waals surface area contributed by atoms with Crippen molar-refractivity contribution in [2.24, 2.45) is 28.1 Å². The molecule has 4 heteroatoms. The molecule has 4 atom stereocenters. The highest BCUT2D eigenvalue weighted by molar-refractivity contribution is 6.06. The molecule has 0 amide bonds. The molecule has 2 aromatic carbocycles. The molecule has 2 aromatic rings. The van der Waals surface area contributed by atoms with Crippen molar-refractivity contribution < 1.29 is 14.3 Å². The van der Waals surface area contributed by atoms with Gasteiger partial charge >= 0.3 is 5.97 Å². The number of benzene rings is 2. The molecular weight excluding hydrogens is 446 g/mol. The Morgan fingerprint density at radius 3 is 2.50 bits per heavy atom. The Kier molecular flexibility index (Phi) is 4.94. The number of allylic oxidation sites excluding steroid dienone is 3. The molecule has 0 saturated heterocycles. The van der Waals surface area contributed by atoms with Crippen LogP contribution in [0.2, 0.25) is 0 Å². The number of rotatable bonds is 2. The minimum absolute atomic E-state index is 0.132. The zero-order valence-corrected chi connectivity index (χ0v) is 22.3. The van der Waals surface area contributed by atoms with Crippen molar-refractivity contribution >= 4 is 28.2 Å². The van der Waals surface area contributed by atoms with E-state index in [2.05, 4.69) is 68.6 Å². The van der Waals surface area contributed by atoms with E-state index in [0.717, 1.165) is 39.7 Å². The van der Waals surface area contributed by atoms with Gasteiger partial charge in [0.25, 0.3) is 0 Å². The normalized spacial score (nSPS) is 32.9. The van der Waals surface area contributed by atoms with Crippen LogP contribution in [-0.2, 0) is 14.3 Å². The predicted octanol–water partition coefficient (Wildman–Crippen LogP) is 7.16. The molecule has 1 aliphatic heterocycles. The van der Waals surface area contributed by atoms with Crippen LogP contribution in [0.4, 0.5) is 5.69 Å². The summed E-state index contributed by atoms with van der Waals surface area (Å²) in [5.41, 5.74) is 4.97. The molecule has 188 valence electrons. The summed E-state index contributed by atoms with van der Waals surface area (Å²) in [7, 11) is 1.44. The maximum Gasteiger partial charge on any atom is 0.315 e. The van der Waals surface area contributed by atoms with Crippen LogP contribution in [-0.4, -0.2) is 18.9 Å². The zero-order valence-electron chi connectivity index (χ0n) is 22.3. The van der Waals surface area contributed by atoms with Crippen molar-refractivity contribution in [3.63, 3.8) is 0 Å². The quantitative estimate of drug-likeness (QED) is 0.364. The summed E-state index contributed by atoms with van der Waals surface area (Å²) in [6.45, 7) is 11.3. The van der Waals surface area contributed by atoms with Crippen molar-refractivity contribution in [2.45, 2.75) is 66.2 Å². The molecule has 0 aromatic heterocycles. The van der Waals surface area contributed by atoms with Gasteiger partial charge in [-0.15, -0.1) is 0 Å². The van der Waals surface area contributed by atoms with Gasteiger partial charge in [-0.25, -0.2) is 0 Å². The minimum atomic E-state index is -0.525. The van der Waals surface area contributed by atoms with E-state index >= 15 is 0 Å². The van der Waals surface area contributed by atoms with Gasteiger partial charge in [0.1, 0.15) is 5.92 Å². The molecule has 36 heavy (non-hydrogen) atoms. The maximum atomic E-state index is 13.9. The highest BCUT2D eigenvalue weighted by Gasteiger charge is 2.59. The number of hydrogen-bond donors (Lipinski definition) is 1. The number of carbonyl (C=O) groups excluding carboxylic acids is 2. The molecule has 1 N–H and O–H groups in total. The van der Waals surface area contributed by atoms with Crippen LogP contribution >= 0.6 is 0 Å². The molecule has 3 aliphatic carbocycles. The highest BCUT2D eigenvalue weighted by Crippen LogP contribution is 2.68. The third-order valence-corrected chi connectivity index (χ3v) is 10.6. The van der Waals surface area contributed by atoms with E-state index in [1.165, 1.54) is 25.5 Å². The molecule has 2 unspecified atom stereocenters. The Labute approximate surface area is 214 Å². The van der Waals surface area contributed by atoms with Crippen molar-refractivity contribution in [3.8, 4) is 0 Å². The van der Waals surface area contributed by atoms with Crippen LogP contribution in [0.3, 0.4) is 0 Å². The molecule has 4 nitrogen and oxygen atoms in total. The van der Waals surface area contributed by atoms with Crippen LogP contribution in [0.15, 0.2) is 59.3 Å². The van der Waals surface area contributed by atoms with E-state index in [1.807, 2.05) is 13.8 Å². The third kappa shape index (κ3) is 2.99. The summed E-state index contributed by atoms with van der Waals surface area (Å²) >= 11 is 0. The molecule has 4 aliphatic rings. The lowest BCUT2D eigenvalue weighted by Gasteiger charge is -2.44. The number of esters is 1. The van der Waals surface area contributed by atoms with Crippen LogP contribution in [0.25, 0.3) is 10.8 Å². The Bertz CT molecular complexity index is 1380. The number of ether oxygens (including phenoxy) is 1. The first-order valence-electron chi connectivity index (χ1n) is 13.3. The van der Waals surface area contributed by atoms with Crippen molar-refractivity contribution in [2.75, 3.05) is 12.4 Å².